The number of benzene rings is 2. The van der Waals surface area contributed by atoms with Gasteiger partial charge in [0.2, 0.25) is 0 Å². The van der Waals surface area contributed by atoms with E-state index < -0.39 is 48.1 Å². The Morgan fingerprint density at radius 2 is 1.32 bits per heavy atom. The lowest BCUT2D eigenvalue weighted by atomic mass is 10.1. The van der Waals surface area contributed by atoms with Crippen LogP contribution in [0.15, 0.2) is 61.7 Å². The number of ether oxygens (including phenoxy) is 5. The number of hydrogen-bond acceptors (Lipinski definition) is 10. The SMILES string of the molecule is C=CCc1ccc(OC(=O)CN)c(OC(=O)C(F)(F)F)c1.C=CCc1ccc(OC(=O)CNC(=O)OC(C)(C)C)c(OC)c1. The molecule has 0 radical (unpaired) electrons. The zero-order valence-electron chi connectivity index (χ0n) is 24.7. The first-order chi connectivity index (χ1) is 20.5. The van der Waals surface area contributed by atoms with E-state index in [4.69, 9.17) is 24.7 Å². The second kappa shape index (κ2) is 17.3. The van der Waals surface area contributed by atoms with Crippen LogP contribution >= 0.6 is 0 Å². The number of methoxy groups -OCH3 is 1. The largest absolute Gasteiger partial charge is 0.493 e. The third kappa shape index (κ3) is 13.9. The van der Waals surface area contributed by atoms with Crippen LogP contribution in [0.1, 0.15) is 31.9 Å². The number of hydrogen-bond donors (Lipinski definition) is 2. The predicted molar refractivity (Wildman–Crippen MR) is 153 cm³/mol. The summed E-state index contributed by atoms with van der Waals surface area (Å²) in [6.45, 7) is 11.6. The van der Waals surface area contributed by atoms with Gasteiger partial charge in [0.05, 0.1) is 13.7 Å². The summed E-state index contributed by atoms with van der Waals surface area (Å²) in [5.74, 6) is -4.02. The fourth-order valence-electron chi connectivity index (χ4n) is 3.04. The minimum Gasteiger partial charge on any atom is -0.493 e. The zero-order valence-corrected chi connectivity index (χ0v) is 24.7. The van der Waals surface area contributed by atoms with Crippen molar-refractivity contribution in [3.63, 3.8) is 0 Å². The lowest BCUT2D eigenvalue weighted by Gasteiger charge is -2.19. The van der Waals surface area contributed by atoms with E-state index in [9.17, 15) is 32.3 Å². The van der Waals surface area contributed by atoms with E-state index in [0.717, 1.165) is 11.6 Å². The van der Waals surface area contributed by atoms with Gasteiger partial charge in [0, 0.05) is 0 Å². The molecule has 0 heterocycles. The number of allylic oxidation sites excluding steroid dienone is 2. The van der Waals surface area contributed by atoms with Gasteiger partial charge in [0.25, 0.3) is 0 Å². The molecule has 0 aliphatic carbocycles. The molecule has 0 saturated carbocycles. The molecule has 11 nitrogen and oxygen atoms in total. The Hall–Kier alpha value is -4.85. The molecule has 14 heteroatoms. The molecule has 240 valence electrons. The normalized spacial score (nSPS) is 10.7. The monoisotopic (exact) mass is 624 g/mol. The fraction of sp³-hybridized carbons (Fsp3) is 0.333. The first kappa shape index (κ1) is 37.2. The van der Waals surface area contributed by atoms with Crippen molar-refractivity contribution in [2.24, 2.45) is 5.73 Å². The number of alkyl halides is 3. The van der Waals surface area contributed by atoms with Gasteiger partial charge in [-0.3, -0.25) is 4.79 Å². The van der Waals surface area contributed by atoms with Crippen molar-refractivity contribution in [1.82, 2.24) is 5.32 Å². The van der Waals surface area contributed by atoms with E-state index >= 15 is 0 Å². The van der Waals surface area contributed by atoms with Crippen molar-refractivity contribution >= 4 is 24.0 Å². The summed E-state index contributed by atoms with van der Waals surface area (Å²) in [5.41, 5.74) is 5.94. The number of carbonyl (C=O) groups excluding carboxylic acids is 4. The van der Waals surface area contributed by atoms with Gasteiger partial charge in [-0.15, -0.1) is 13.2 Å². The Bertz CT molecular complexity index is 1340. The second-order valence-corrected chi connectivity index (χ2v) is 9.65. The van der Waals surface area contributed by atoms with Crippen molar-refractivity contribution in [2.45, 2.75) is 45.4 Å². The van der Waals surface area contributed by atoms with Gasteiger partial charge in [-0.2, -0.15) is 13.2 Å². The molecular formula is C30H35F3N2O9. The van der Waals surface area contributed by atoms with Crippen LogP contribution in [-0.4, -0.2) is 56.0 Å². The molecule has 0 fully saturated rings. The molecule has 0 unspecified atom stereocenters. The van der Waals surface area contributed by atoms with E-state index in [0.29, 0.717) is 24.2 Å². The number of amides is 1. The number of alkyl carbamates (subject to hydrolysis) is 1. The highest BCUT2D eigenvalue weighted by molar-refractivity contribution is 5.81. The van der Waals surface area contributed by atoms with E-state index in [-0.39, 0.29) is 18.0 Å². The Kier molecular flexibility index (Phi) is 14.6. The summed E-state index contributed by atoms with van der Waals surface area (Å²) in [4.78, 5) is 45.3. The van der Waals surface area contributed by atoms with Gasteiger partial charge in [0.15, 0.2) is 23.0 Å². The standard InChI is InChI=1S/C17H23NO5.C13H12F3NO4/c1-6-7-12-8-9-13(14(10-12)21-5)22-15(19)11-18-16(20)23-17(2,3)4;1-2-3-8-4-5-9(20-11(18)7-17)10(6-8)21-12(19)13(14,15)16/h6,8-10H,1,7,11H2,2-5H3,(H,18,20);2,4-6H,1,3,7,17H2. The van der Waals surface area contributed by atoms with E-state index in [2.05, 4.69) is 23.2 Å². The molecule has 0 aliphatic rings. The van der Waals surface area contributed by atoms with Crippen LogP contribution in [0, 0.1) is 0 Å². The molecule has 3 N–H and O–H groups in total. The van der Waals surface area contributed by atoms with Gasteiger partial charge < -0.3 is 34.7 Å². The molecule has 0 aliphatic heterocycles. The topological polar surface area (TPSA) is 152 Å². The summed E-state index contributed by atoms with van der Waals surface area (Å²) in [5, 5.41) is 2.34. The van der Waals surface area contributed by atoms with Crippen molar-refractivity contribution in [3.8, 4) is 23.0 Å². The Balaban J connectivity index is 0.000000442. The van der Waals surface area contributed by atoms with Crippen LogP contribution in [0.2, 0.25) is 0 Å². The van der Waals surface area contributed by atoms with Crippen LogP contribution in [0.3, 0.4) is 0 Å². The number of rotatable bonds is 11. The van der Waals surface area contributed by atoms with E-state index in [1.54, 1.807) is 39.0 Å². The summed E-state index contributed by atoms with van der Waals surface area (Å²) in [6, 6.07) is 9.09. The van der Waals surface area contributed by atoms with Crippen molar-refractivity contribution < 1.29 is 56.0 Å². The molecule has 2 rings (SSSR count). The average molecular weight is 625 g/mol. The molecule has 0 atom stereocenters. The first-order valence-corrected chi connectivity index (χ1v) is 12.9. The quantitative estimate of drug-likeness (QED) is 0.206. The Labute approximate surface area is 252 Å². The maximum atomic E-state index is 12.2. The highest BCUT2D eigenvalue weighted by Gasteiger charge is 2.42. The molecule has 0 spiro atoms. The average Bonchev–Trinajstić information content (AvgIpc) is 2.93. The van der Waals surface area contributed by atoms with Crippen LogP contribution in [0.5, 0.6) is 23.0 Å². The lowest BCUT2D eigenvalue weighted by Crippen LogP contribution is -2.36. The molecule has 2 aromatic carbocycles. The maximum Gasteiger partial charge on any atom is 0.491 e. The molecule has 1 amide bonds. The fourth-order valence-corrected chi connectivity index (χ4v) is 3.04. The third-order valence-electron chi connectivity index (χ3n) is 4.82. The first-order valence-electron chi connectivity index (χ1n) is 12.9. The van der Waals surface area contributed by atoms with Gasteiger partial charge in [-0.25, -0.2) is 14.4 Å². The summed E-state index contributed by atoms with van der Waals surface area (Å²) >= 11 is 0. The van der Waals surface area contributed by atoms with Crippen LogP contribution in [0.25, 0.3) is 0 Å². The Morgan fingerprint density at radius 3 is 1.77 bits per heavy atom. The minimum absolute atomic E-state index is 0.288. The predicted octanol–water partition coefficient (Wildman–Crippen LogP) is 4.60. The number of nitrogens with two attached hydrogens (primary N) is 1. The third-order valence-corrected chi connectivity index (χ3v) is 4.82. The highest BCUT2D eigenvalue weighted by atomic mass is 19.4. The number of halogens is 3. The van der Waals surface area contributed by atoms with Crippen LogP contribution in [-0.2, 0) is 32.0 Å². The summed E-state index contributed by atoms with van der Waals surface area (Å²) < 4.78 is 61.0. The van der Waals surface area contributed by atoms with E-state index in [1.165, 1.54) is 25.3 Å². The molecule has 0 bridgehead atoms. The van der Waals surface area contributed by atoms with Gasteiger partial charge in [0.1, 0.15) is 12.1 Å². The highest BCUT2D eigenvalue weighted by Crippen LogP contribution is 2.31. The molecule has 0 saturated heterocycles. The van der Waals surface area contributed by atoms with Gasteiger partial charge in [-0.1, -0.05) is 24.3 Å². The summed E-state index contributed by atoms with van der Waals surface area (Å²) in [6.07, 6.45) is -1.54. The number of nitrogens with one attached hydrogen (secondary N) is 1. The molecule has 44 heavy (non-hydrogen) atoms. The zero-order chi connectivity index (χ0) is 33.5. The minimum atomic E-state index is -5.16. The number of esters is 3. The van der Waals surface area contributed by atoms with Crippen molar-refractivity contribution in [3.05, 3.63) is 72.8 Å². The van der Waals surface area contributed by atoms with Crippen LogP contribution < -0.4 is 30.0 Å². The van der Waals surface area contributed by atoms with Crippen molar-refractivity contribution in [1.29, 1.82) is 0 Å². The number of carbonyl (C=O) groups is 4. The van der Waals surface area contributed by atoms with Crippen LogP contribution in [0.4, 0.5) is 18.0 Å². The molecule has 0 aromatic heterocycles. The maximum absolute atomic E-state index is 12.2. The van der Waals surface area contributed by atoms with Crippen molar-refractivity contribution in [2.75, 3.05) is 20.2 Å². The van der Waals surface area contributed by atoms with Gasteiger partial charge in [-0.05, 0) is 69.0 Å². The lowest BCUT2D eigenvalue weighted by molar-refractivity contribution is -0.189. The molecular weight excluding hydrogens is 589 g/mol. The molecule has 2 aromatic rings. The smallest absolute Gasteiger partial charge is 0.491 e. The second-order valence-electron chi connectivity index (χ2n) is 9.65. The van der Waals surface area contributed by atoms with E-state index in [1.807, 2.05) is 6.07 Å². The van der Waals surface area contributed by atoms with Gasteiger partial charge >= 0.3 is 30.2 Å². The Morgan fingerprint density at radius 1 is 0.818 bits per heavy atom. The summed E-state index contributed by atoms with van der Waals surface area (Å²) in [7, 11) is 1.49.